The first-order valence-corrected chi connectivity index (χ1v) is 10.0. The summed E-state index contributed by atoms with van der Waals surface area (Å²) in [6, 6.07) is 12.3. The van der Waals surface area contributed by atoms with Gasteiger partial charge in [-0.05, 0) is 43.2 Å². The summed E-state index contributed by atoms with van der Waals surface area (Å²) in [5, 5.41) is 3.30. The third-order valence-electron chi connectivity index (χ3n) is 3.78. The second-order valence-electron chi connectivity index (χ2n) is 5.88. The number of halogens is 1. The lowest BCUT2D eigenvalue weighted by Crippen LogP contribution is -2.33. The number of nitrogens with zero attached hydrogens (tertiary/aromatic N) is 1. The van der Waals surface area contributed by atoms with Crippen LogP contribution in [-0.4, -0.2) is 27.1 Å². The molecule has 0 fully saturated rings. The topological polar surface area (TPSA) is 66.5 Å². The predicted molar refractivity (Wildman–Crippen MR) is 103 cm³/mol. The summed E-state index contributed by atoms with van der Waals surface area (Å²) < 4.78 is 25.3. The van der Waals surface area contributed by atoms with Crippen LogP contribution in [0.15, 0.2) is 42.5 Å². The zero-order chi connectivity index (χ0) is 18.6. The van der Waals surface area contributed by atoms with Gasteiger partial charge >= 0.3 is 0 Å². The van der Waals surface area contributed by atoms with E-state index < -0.39 is 10.0 Å². The number of hydrogen-bond donors (Lipinski definition) is 1. The Morgan fingerprint density at radius 3 is 2.28 bits per heavy atom. The first-order valence-electron chi connectivity index (χ1n) is 7.78. The number of nitrogens with one attached hydrogen (secondary N) is 1. The minimum absolute atomic E-state index is 0.0351. The quantitative estimate of drug-likeness (QED) is 0.829. The number of carbonyl (C=O) groups excluding carboxylic acids is 1. The molecule has 0 aromatic heterocycles. The molecule has 7 heteroatoms. The SMILES string of the molecule is Cc1cccc(C)c1NC(=O)CCN(c1cccc(Cl)c1)S(C)(=O)=O. The van der Waals surface area contributed by atoms with Crippen molar-refractivity contribution in [3.8, 4) is 0 Å². The number of carbonyl (C=O) groups is 1. The van der Waals surface area contributed by atoms with Crippen LogP contribution in [0.3, 0.4) is 0 Å². The molecule has 1 amide bonds. The zero-order valence-corrected chi connectivity index (χ0v) is 16.0. The monoisotopic (exact) mass is 380 g/mol. The fourth-order valence-electron chi connectivity index (χ4n) is 2.53. The van der Waals surface area contributed by atoms with Gasteiger partial charge in [-0.1, -0.05) is 35.9 Å². The molecule has 0 radical (unpaired) electrons. The van der Waals surface area contributed by atoms with E-state index in [4.69, 9.17) is 11.6 Å². The molecule has 0 aliphatic carbocycles. The Bertz CT molecular complexity index is 861. The minimum atomic E-state index is -3.52. The van der Waals surface area contributed by atoms with E-state index >= 15 is 0 Å². The molecule has 5 nitrogen and oxygen atoms in total. The van der Waals surface area contributed by atoms with Crippen molar-refractivity contribution in [3.05, 3.63) is 58.6 Å². The van der Waals surface area contributed by atoms with E-state index in [0.29, 0.717) is 10.7 Å². The van der Waals surface area contributed by atoms with Gasteiger partial charge in [0.05, 0.1) is 11.9 Å². The Balaban J connectivity index is 2.12. The first kappa shape index (κ1) is 19.3. The van der Waals surface area contributed by atoms with Gasteiger partial charge in [-0.25, -0.2) is 8.42 Å². The Morgan fingerprint density at radius 1 is 1.12 bits per heavy atom. The molecule has 0 aliphatic heterocycles. The van der Waals surface area contributed by atoms with E-state index in [0.717, 1.165) is 23.1 Å². The van der Waals surface area contributed by atoms with E-state index in [1.807, 2.05) is 32.0 Å². The molecule has 25 heavy (non-hydrogen) atoms. The lowest BCUT2D eigenvalue weighted by atomic mass is 10.1. The first-order chi connectivity index (χ1) is 11.7. The average Bonchev–Trinajstić information content (AvgIpc) is 2.50. The predicted octanol–water partition coefficient (Wildman–Crippen LogP) is 3.75. The van der Waals surface area contributed by atoms with Crippen LogP contribution in [-0.2, 0) is 14.8 Å². The lowest BCUT2D eigenvalue weighted by molar-refractivity contribution is -0.116. The highest BCUT2D eigenvalue weighted by molar-refractivity contribution is 7.92. The molecule has 0 aliphatic rings. The molecular weight excluding hydrogens is 360 g/mol. The maximum atomic E-state index is 12.3. The largest absolute Gasteiger partial charge is 0.326 e. The summed E-state index contributed by atoms with van der Waals surface area (Å²) in [4.78, 5) is 12.3. The van der Waals surface area contributed by atoms with Gasteiger partial charge in [0.25, 0.3) is 0 Å². The maximum Gasteiger partial charge on any atom is 0.232 e. The molecule has 1 N–H and O–H groups in total. The lowest BCUT2D eigenvalue weighted by Gasteiger charge is -2.22. The van der Waals surface area contributed by atoms with Crippen LogP contribution in [0.2, 0.25) is 5.02 Å². The molecule has 0 bridgehead atoms. The van der Waals surface area contributed by atoms with Gasteiger partial charge < -0.3 is 5.32 Å². The number of rotatable bonds is 6. The normalized spacial score (nSPS) is 11.2. The number of amides is 1. The summed E-state index contributed by atoms with van der Waals surface area (Å²) in [6.45, 7) is 3.87. The highest BCUT2D eigenvalue weighted by atomic mass is 35.5. The van der Waals surface area contributed by atoms with Crippen molar-refractivity contribution in [2.24, 2.45) is 0 Å². The Kier molecular flexibility index (Phi) is 6.08. The molecular formula is C18H21ClN2O3S. The standard InChI is InChI=1S/C18H21ClN2O3S/c1-13-6-4-7-14(2)18(13)20-17(22)10-11-21(25(3,23)24)16-9-5-8-15(19)12-16/h4-9,12H,10-11H2,1-3H3,(H,20,22). The summed E-state index contributed by atoms with van der Waals surface area (Å²) in [5.41, 5.74) is 3.13. The van der Waals surface area contributed by atoms with Crippen LogP contribution in [0, 0.1) is 13.8 Å². The summed E-state index contributed by atoms with van der Waals surface area (Å²) >= 11 is 5.94. The van der Waals surface area contributed by atoms with Gasteiger partial charge in [0, 0.05) is 23.7 Å². The van der Waals surface area contributed by atoms with Gasteiger partial charge in [-0.2, -0.15) is 0 Å². The molecule has 2 aromatic rings. The highest BCUT2D eigenvalue weighted by Gasteiger charge is 2.19. The number of anilines is 2. The van der Waals surface area contributed by atoms with E-state index in [1.54, 1.807) is 24.3 Å². The summed E-state index contributed by atoms with van der Waals surface area (Å²) in [7, 11) is -3.52. The molecule has 134 valence electrons. The fraction of sp³-hybridized carbons (Fsp3) is 0.278. The third kappa shape index (κ3) is 5.21. The van der Waals surface area contributed by atoms with Crippen molar-refractivity contribution in [2.75, 3.05) is 22.4 Å². The van der Waals surface area contributed by atoms with Gasteiger partial charge in [-0.15, -0.1) is 0 Å². The van der Waals surface area contributed by atoms with Crippen LogP contribution >= 0.6 is 11.6 Å². The third-order valence-corrected chi connectivity index (χ3v) is 5.21. The summed E-state index contributed by atoms with van der Waals surface area (Å²) in [5.74, 6) is -0.243. The van der Waals surface area contributed by atoms with Gasteiger partial charge in [-0.3, -0.25) is 9.10 Å². The van der Waals surface area contributed by atoms with Crippen molar-refractivity contribution in [2.45, 2.75) is 20.3 Å². The number of para-hydroxylation sites is 1. The van der Waals surface area contributed by atoms with Crippen molar-refractivity contribution in [1.82, 2.24) is 0 Å². The Morgan fingerprint density at radius 2 is 1.72 bits per heavy atom. The molecule has 2 aromatic carbocycles. The molecule has 0 heterocycles. The van der Waals surface area contributed by atoms with Crippen LogP contribution in [0.1, 0.15) is 17.5 Å². The molecule has 0 saturated carbocycles. The van der Waals surface area contributed by atoms with Crippen LogP contribution in [0.25, 0.3) is 0 Å². The highest BCUT2D eigenvalue weighted by Crippen LogP contribution is 2.23. The minimum Gasteiger partial charge on any atom is -0.326 e. The second kappa shape index (κ2) is 7.89. The summed E-state index contributed by atoms with van der Waals surface area (Å²) in [6.07, 6.45) is 1.14. The van der Waals surface area contributed by atoms with Crippen molar-refractivity contribution < 1.29 is 13.2 Å². The van der Waals surface area contributed by atoms with E-state index in [2.05, 4.69) is 5.32 Å². The van der Waals surface area contributed by atoms with Crippen LogP contribution < -0.4 is 9.62 Å². The Hall–Kier alpha value is -2.05. The maximum absolute atomic E-state index is 12.3. The average molecular weight is 381 g/mol. The number of aryl methyl sites for hydroxylation is 2. The van der Waals surface area contributed by atoms with Crippen LogP contribution in [0.5, 0.6) is 0 Å². The molecule has 0 spiro atoms. The fourth-order valence-corrected chi connectivity index (χ4v) is 3.64. The molecule has 0 atom stereocenters. The zero-order valence-electron chi connectivity index (χ0n) is 14.4. The van der Waals surface area contributed by atoms with Crippen molar-refractivity contribution in [1.29, 1.82) is 0 Å². The molecule has 2 rings (SSSR count). The van der Waals surface area contributed by atoms with Crippen molar-refractivity contribution >= 4 is 38.9 Å². The van der Waals surface area contributed by atoms with Crippen LogP contribution in [0.4, 0.5) is 11.4 Å². The number of sulfonamides is 1. The van der Waals surface area contributed by atoms with Crippen molar-refractivity contribution in [3.63, 3.8) is 0 Å². The Labute approximate surface area is 153 Å². The molecule has 0 saturated heterocycles. The number of benzene rings is 2. The number of hydrogen-bond acceptors (Lipinski definition) is 3. The van der Waals surface area contributed by atoms with E-state index in [-0.39, 0.29) is 18.9 Å². The van der Waals surface area contributed by atoms with Gasteiger partial charge in [0.15, 0.2) is 0 Å². The molecule has 0 unspecified atom stereocenters. The van der Waals surface area contributed by atoms with E-state index in [9.17, 15) is 13.2 Å². The smallest absolute Gasteiger partial charge is 0.232 e. The van der Waals surface area contributed by atoms with Gasteiger partial charge in [0.2, 0.25) is 15.9 Å². The second-order valence-corrected chi connectivity index (χ2v) is 8.22. The van der Waals surface area contributed by atoms with Gasteiger partial charge in [0.1, 0.15) is 0 Å². The van der Waals surface area contributed by atoms with E-state index in [1.165, 1.54) is 4.31 Å².